The Balaban J connectivity index is 1.53. The lowest BCUT2D eigenvalue weighted by atomic mass is 9.98. The van der Waals surface area contributed by atoms with E-state index in [-0.39, 0.29) is 0 Å². The third-order valence-corrected chi connectivity index (χ3v) is 4.89. The van der Waals surface area contributed by atoms with Crippen LogP contribution in [0.4, 0.5) is 0 Å². The molecule has 0 saturated heterocycles. The maximum atomic E-state index is 4.30. The summed E-state index contributed by atoms with van der Waals surface area (Å²) in [7, 11) is 0. The van der Waals surface area contributed by atoms with Crippen molar-refractivity contribution in [2.24, 2.45) is 0 Å². The van der Waals surface area contributed by atoms with E-state index in [1.807, 2.05) is 0 Å². The van der Waals surface area contributed by atoms with E-state index in [2.05, 4.69) is 70.5 Å². The second-order valence-corrected chi connectivity index (χ2v) is 6.37. The molecule has 0 saturated carbocycles. The number of nitrogens with zero attached hydrogens (tertiary/aromatic N) is 2. The zero-order valence-electron chi connectivity index (χ0n) is 13.7. The first-order valence-corrected chi connectivity index (χ1v) is 8.20. The van der Waals surface area contributed by atoms with Gasteiger partial charge in [0.2, 0.25) is 0 Å². The molecule has 2 N–H and O–H groups in total. The largest absolute Gasteiger partial charge is 0.361 e. The second kappa shape index (κ2) is 5.70. The number of rotatable bonds is 3. The van der Waals surface area contributed by atoms with E-state index in [0.29, 0.717) is 0 Å². The van der Waals surface area contributed by atoms with E-state index in [9.17, 15) is 0 Å². The number of hydrogen-bond donors (Lipinski definition) is 2. The van der Waals surface area contributed by atoms with Crippen molar-refractivity contribution in [3.63, 3.8) is 0 Å². The molecule has 0 bridgehead atoms. The summed E-state index contributed by atoms with van der Waals surface area (Å²) in [6, 6.07) is 8.53. The molecule has 0 radical (unpaired) electrons. The van der Waals surface area contributed by atoms with E-state index < -0.39 is 0 Å². The Kier molecular flexibility index (Phi) is 3.54. The third kappa shape index (κ3) is 2.59. The number of aromatic nitrogens is 3. The predicted octanol–water partition coefficient (Wildman–Crippen LogP) is 3.80. The molecule has 0 amide bonds. The Morgan fingerprint density at radius 2 is 2.09 bits per heavy atom. The fourth-order valence-corrected chi connectivity index (χ4v) is 3.47. The predicted molar refractivity (Wildman–Crippen MR) is 94.2 cm³/mol. The maximum absolute atomic E-state index is 4.30. The van der Waals surface area contributed by atoms with Gasteiger partial charge in [0.1, 0.15) is 0 Å². The van der Waals surface area contributed by atoms with Gasteiger partial charge >= 0.3 is 0 Å². The minimum Gasteiger partial charge on any atom is -0.361 e. The van der Waals surface area contributed by atoms with Crippen LogP contribution in [0.3, 0.4) is 0 Å². The van der Waals surface area contributed by atoms with Gasteiger partial charge in [-0.3, -0.25) is 10.00 Å². The minimum atomic E-state index is 0.978. The lowest BCUT2D eigenvalue weighted by Crippen LogP contribution is -2.28. The van der Waals surface area contributed by atoms with Crippen molar-refractivity contribution in [3.05, 3.63) is 59.1 Å². The molecule has 0 aliphatic carbocycles. The molecule has 1 aliphatic heterocycles. The van der Waals surface area contributed by atoms with Gasteiger partial charge < -0.3 is 4.98 Å². The summed E-state index contributed by atoms with van der Waals surface area (Å²) in [6.07, 6.45) is 5.62. The lowest BCUT2D eigenvalue weighted by molar-refractivity contribution is 0.293. The Morgan fingerprint density at radius 1 is 1.22 bits per heavy atom. The average Bonchev–Trinajstić information content (AvgIpc) is 3.14. The van der Waals surface area contributed by atoms with Crippen LogP contribution in [0.5, 0.6) is 0 Å². The lowest BCUT2D eigenvalue weighted by Gasteiger charge is -2.26. The standard InChI is InChI=1S/C19H22N4/c1-13-18(14(2)22-21-13)12-23-9-7-15(8-10-23)17-11-20-19-6-4-3-5-16(17)19/h3-7,11,20H,8-10,12H2,1-2H3,(H,21,22). The normalized spacial score (nSPS) is 16.0. The number of benzene rings is 1. The van der Waals surface area contributed by atoms with Crippen LogP contribution in [0, 0.1) is 13.8 Å². The molecule has 2 aromatic heterocycles. The number of hydrogen-bond acceptors (Lipinski definition) is 2. The highest BCUT2D eigenvalue weighted by atomic mass is 15.2. The number of aryl methyl sites for hydroxylation is 2. The molecule has 4 heteroatoms. The molecule has 4 nitrogen and oxygen atoms in total. The molecule has 0 unspecified atom stereocenters. The van der Waals surface area contributed by atoms with Crippen LogP contribution in [-0.4, -0.2) is 33.2 Å². The van der Waals surface area contributed by atoms with Crippen LogP contribution >= 0.6 is 0 Å². The average molecular weight is 306 g/mol. The molecule has 118 valence electrons. The van der Waals surface area contributed by atoms with Crippen LogP contribution in [0.15, 0.2) is 36.5 Å². The maximum Gasteiger partial charge on any atom is 0.0639 e. The van der Waals surface area contributed by atoms with Crippen LogP contribution in [0.2, 0.25) is 0 Å². The molecular weight excluding hydrogens is 284 g/mol. The third-order valence-electron chi connectivity index (χ3n) is 4.89. The summed E-state index contributed by atoms with van der Waals surface area (Å²) < 4.78 is 0. The first-order valence-electron chi connectivity index (χ1n) is 8.20. The molecule has 0 spiro atoms. The van der Waals surface area contributed by atoms with Crippen LogP contribution in [0.1, 0.15) is 28.9 Å². The topological polar surface area (TPSA) is 47.7 Å². The van der Waals surface area contributed by atoms with Crippen molar-refractivity contribution in [3.8, 4) is 0 Å². The Bertz CT molecular complexity index is 849. The number of nitrogens with one attached hydrogen (secondary N) is 2. The second-order valence-electron chi connectivity index (χ2n) is 6.37. The van der Waals surface area contributed by atoms with Gasteiger partial charge in [-0.15, -0.1) is 0 Å². The molecule has 0 atom stereocenters. The number of fused-ring (bicyclic) bond motifs is 1. The summed E-state index contributed by atoms with van der Waals surface area (Å²) >= 11 is 0. The highest BCUT2D eigenvalue weighted by molar-refractivity contribution is 5.92. The molecule has 23 heavy (non-hydrogen) atoms. The molecular formula is C19H22N4. The van der Waals surface area contributed by atoms with Crippen molar-refractivity contribution < 1.29 is 0 Å². The van der Waals surface area contributed by atoms with Gasteiger partial charge in [0, 0.05) is 53.6 Å². The molecule has 4 rings (SSSR count). The van der Waals surface area contributed by atoms with Gasteiger partial charge in [-0.25, -0.2) is 0 Å². The minimum absolute atomic E-state index is 0.978. The van der Waals surface area contributed by atoms with Crippen molar-refractivity contribution in [2.75, 3.05) is 13.1 Å². The van der Waals surface area contributed by atoms with E-state index in [1.54, 1.807) is 0 Å². The van der Waals surface area contributed by atoms with E-state index in [1.165, 1.54) is 33.3 Å². The molecule has 3 heterocycles. The van der Waals surface area contributed by atoms with Gasteiger partial charge in [-0.2, -0.15) is 5.10 Å². The van der Waals surface area contributed by atoms with Crippen LogP contribution < -0.4 is 0 Å². The highest BCUT2D eigenvalue weighted by Crippen LogP contribution is 2.29. The van der Waals surface area contributed by atoms with Crippen molar-refractivity contribution in [2.45, 2.75) is 26.8 Å². The first kappa shape index (κ1) is 14.3. The van der Waals surface area contributed by atoms with E-state index >= 15 is 0 Å². The summed E-state index contributed by atoms with van der Waals surface area (Å²) in [5.74, 6) is 0. The fraction of sp³-hybridized carbons (Fsp3) is 0.316. The monoisotopic (exact) mass is 306 g/mol. The summed E-state index contributed by atoms with van der Waals surface area (Å²) in [6.45, 7) is 7.25. The summed E-state index contributed by atoms with van der Waals surface area (Å²) in [5.41, 5.74) is 7.68. The van der Waals surface area contributed by atoms with Gasteiger partial charge in [0.25, 0.3) is 0 Å². The van der Waals surface area contributed by atoms with E-state index in [4.69, 9.17) is 0 Å². The van der Waals surface area contributed by atoms with E-state index in [0.717, 1.165) is 31.7 Å². The van der Waals surface area contributed by atoms with Gasteiger partial charge in [-0.05, 0) is 31.9 Å². The van der Waals surface area contributed by atoms with Crippen molar-refractivity contribution in [1.82, 2.24) is 20.1 Å². The van der Waals surface area contributed by atoms with Crippen molar-refractivity contribution >= 4 is 16.5 Å². The SMILES string of the molecule is Cc1n[nH]c(C)c1CN1CC=C(c2c[nH]c3ccccc23)CC1. The van der Waals surface area contributed by atoms with Gasteiger partial charge in [-0.1, -0.05) is 24.3 Å². The van der Waals surface area contributed by atoms with Crippen molar-refractivity contribution in [1.29, 1.82) is 0 Å². The van der Waals surface area contributed by atoms with Crippen LogP contribution in [0.25, 0.3) is 16.5 Å². The molecule has 1 aliphatic rings. The first-order chi connectivity index (χ1) is 11.2. The number of aromatic amines is 2. The number of para-hydroxylation sites is 1. The Hall–Kier alpha value is -2.33. The zero-order valence-corrected chi connectivity index (χ0v) is 13.7. The van der Waals surface area contributed by atoms with Gasteiger partial charge in [0.15, 0.2) is 0 Å². The molecule has 3 aromatic rings. The van der Waals surface area contributed by atoms with Gasteiger partial charge in [0.05, 0.1) is 5.69 Å². The molecule has 1 aromatic carbocycles. The Labute approximate surface area is 136 Å². The highest BCUT2D eigenvalue weighted by Gasteiger charge is 2.17. The fourth-order valence-electron chi connectivity index (χ4n) is 3.47. The Morgan fingerprint density at radius 3 is 2.83 bits per heavy atom. The quantitative estimate of drug-likeness (QED) is 0.773. The summed E-state index contributed by atoms with van der Waals surface area (Å²) in [5, 5.41) is 8.71. The van der Waals surface area contributed by atoms with Crippen LogP contribution in [-0.2, 0) is 6.54 Å². The zero-order chi connectivity index (χ0) is 15.8. The summed E-state index contributed by atoms with van der Waals surface area (Å²) in [4.78, 5) is 5.87. The smallest absolute Gasteiger partial charge is 0.0639 e. The molecule has 0 fully saturated rings. The number of H-pyrrole nitrogens is 2.